The van der Waals surface area contributed by atoms with Crippen molar-refractivity contribution < 1.29 is 0 Å². The van der Waals surface area contributed by atoms with Gasteiger partial charge in [0.1, 0.15) is 0 Å². The van der Waals surface area contributed by atoms with Crippen molar-refractivity contribution in [3.8, 4) is 0 Å². The normalized spacial score (nSPS) is 24.2. The summed E-state index contributed by atoms with van der Waals surface area (Å²) in [6.45, 7) is 16.4. The highest BCUT2D eigenvalue weighted by Gasteiger charge is 2.46. The van der Waals surface area contributed by atoms with Crippen LogP contribution in [0.4, 0.5) is 0 Å². The molecular weight excluding hydrogens is 206 g/mol. The highest BCUT2D eigenvalue weighted by Crippen LogP contribution is 2.58. The van der Waals surface area contributed by atoms with Gasteiger partial charge in [-0.15, -0.1) is 0 Å². The zero-order valence-electron chi connectivity index (χ0n) is 12.3. The number of hydrogen-bond acceptors (Lipinski definition) is 1. The lowest BCUT2D eigenvalue weighted by Crippen LogP contribution is -2.29. The van der Waals surface area contributed by atoms with Gasteiger partial charge in [0.15, 0.2) is 0 Å². The van der Waals surface area contributed by atoms with Crippen molar-refractivity contribution >= 4 is 0 Å². The molecular formula is C16H25N. The van der Waals surface area contributed by atoms with E-state index in [-0.39, 0.29) is 0 Å². The molecule has 1 aliphatic rings. The highest BCUT2D eigenvalue weighted by molar-refractivity contribution is 5.46. The van der Waals surface area contributed by atoms with Crippen LogP contribution < -0.4 is 0 Å². The fraction of sp³-hybridized carbons (Fsp3) is 0.688. The molecule has 0 N–H and O–H groups in total. The van der Waals surface area contributed by atoms with Crippen molar-refractivity contribution in [3.05, 3.63) is 29.1 Å². The van der Waals surface area contributed by atoms with Crippen LogP contribution in [0.1, 0.15) is 70.1 Å². The summed E-state index contributed by atoms with van der Waals surface area (Å²) < 4.78 is 0. The van der Waals surface area contributed by atoms with Crippen molar-refractivity contribution in [2.24, 2.45) is 10.8 Å². The van der Waals surface area contributed by atoms with E-state index in [1.165, 1.54) is 16.7 Å². The Morgan fingerprint density at radius 1 is 0.824 bits per heavy atom. The van der Waals surface area contributed by atoms with Crippen LogP contribution >= 0.6 is 0 Å². The van der Waals surface area contributed by atoms with E-state index in [0.717, 1.165) is 0 Å². The average molecular weight is 231 g/mol. The van der Waals surface area contributed by atoms with Crippen LogP contribution in [0.2, 0.25) is 0 Å². The van der Waals surface area contributed by atoms with Gasteiger partial charge in [-0.05, 0) is 46.3 Å². The van der Waals surface area contributed by atoms with Gasteiger partial charge in [-0.25, -0.2) is 0 Å². The minimum atomic E-state index is 0.292. The lowest BCUT2D eigenvalue weighted by molar-refractivity contribution is 0.196. The number of pyridine rings is 1. The molecule has 1 nitrogen and oxygen atoms in total. The van der Waals surface area contributed by atoms with Gasteiger partial charge in [0, 0.05) is 12.4 Å². The predicted octanol–water partition coefficient (Wildman–Crippen LogP) is 4.66. The van der Waals surface area contributed by atoms with Crippen molar-refractivity contribution in [2.75, 3.05) is 0 Å². The second-order valence-corrected chi connectivity index (χ2v) is 7.63. The SMILES string of the molecule is Cc1c2cncc1C(C(C)(C)C)C2C(C)(C)C. The van der Waals surface area contributed by atoms with Gasteiger partial charge < -0.3 is 0 Å². The first-order chi connectivity index (χ1) is 7.64. The molecule has 94 valence electrons. The van der Waals surface area contributed by atoms with Crippen molar-refractivity contribution in [1.29, 1.82) is 0 Å². The summed E-state index contributed by atoms with van der Waals surface area (Å²) in [6, 6.07) is 0. The van der Waals surface area contributed by atoms with E-state index in [1.54, 1.807) is 0 Å². The monoisotopic (exact) mass is 231 g/mol. The molecule has 0 amide bonds. The summed E-state index contributed by atoms with van der Waals surface area (Å²) in [5.41, 5.74) is 4.99. The second-order valence-electron chi connectivity index (χ2n) is 7.63. The van der Waals surface area contributed by atoms with Gasteiger partial charge in [-0.1, -0.05) is 41.5 Å². The molecule has 1 heterocycles. The highest BCUT2D eigenvalue weighted by atomic mass is 14.7. The van der Waals surface area contributed by atoms with Gasteiger partial charge >= 0.3 is 0 Å². The Morgan fingerprint density at radius 3 is 1.47 bits per heavy atom. The maximum atomic E-state index is 4.43. The number of fused-ring (bicyclic) bond motifs is 2. The van der Waals surface area contributed by atoms with E-state index < -0.39 is 0 Å². The fourth-order valence-electron chi connectivity index (χ4n) is 3.48. The zero-order chi connectivity index (χ0) is 13.0. The van der Waals surface area contributed by atoms with Crippen LogP contribution in [0, 0.1) is 17.8 Å². The molecule has 2 rings (SSSR count). The Morgan fingerprint density at radius 2 is 1.18 bits per heavy atom. The van der Waals surface area contributed by atoms with Gasteiger partial charge in [0.2, 0.25) is 0 Å². The Bertz CT molecular complexity index is 394. The first-order valence-electron chi connectivity index (χ1n) is 6.58. The standard InChI is InChI=1S/C16H25N/c1-10-11-8-17-9-12(10)14(16(5,6)7)13(11)15(2,3)4/h8-9,13-14H,1-7H3. The summed E-state index contributed by atoms with van der Waals surface area (Å²) in [5.74, 6) is 1.19. The van der Waals surface area contributed by atoms with E-state index in [9.17, 15) is 0 Å². The minimum absolute atomic E-state index is 0.292. The van der Waals surface area contributed by atoms with E-state index >= 15 is 0 Å². The molecule has 0 aromatic carbocycles. The Labute approximate surface area is 106 Å². The molecule has 0 fully saturated rings. The number of nitrogens with zero attached hydrogens (tertiary/aromatic N) is 1. The lowest BCUT2D eigenvalue weighted by Gasteiger charge is -2.40. The minimum Gasteiger partial charge on any atom is -0.264 e. The van der Waals surface area contributed by atoms with Crippen molar-refractivity contribution in [1.82, 2.24) is 4.98 Å². The summed E-state index contributed by atoms with van der Waals surface area (Å²) >= 11 is 0. The fourth-order valence-corrected chi connectivity index (χ4v) is 3.48. The molecule has 1 aliphatic carbocycles. The molecule has 1 aromatic rings. The Kier molecular flexibility index (Phi) is 2.65. The van der Waals surface area contributed by atoms with Crippen LogP contribution in [-0.4, -0.2) is 4.98 Å². The smallest absolute Gasteiger partial charge is 0.0305 e. The molecule has 0 aliphatic heterocycles. The number of aromatic nitrogens is 1. The molecule has 0 radical (unpaired) electrons. The lowest BCUT2D eigenvalue weighted by atomic mass is 9.64. The van der Waals surface area contributed by atoms with Crippen LogP contribution in [0.5, 0.6) is 0 Å². The first kappa shape index (κ1) is 12.6. The zero-order valence-corrected chi connectivity index (χ0v) is 12.3. The van der Waals surface area contributed by atoms with Gasteiger partial charge in [0.05, 0.1) is 0 Å². The third-order valence-corrected chi connectivity index (χ3v) is 4.16. The third kappa shape index (κ3) is 1.90. The van der Waals surface area contributed by atoms with Crippen LogP contribution in [0.3, 0.4) is 0 Å². The van der Waals surface area contributed by atoms with Gasteiger partial charge in [-0.3, -0.25) is 4.98 Å². The topological polar surface area (TPSA) is 12.9 Å². The van der Waals surface area contributed by atoms with Crippen LogP contribution in [0.15, 0.2) is 12.4 Å². The maximum absolute atomic E-state index is 4.43. The van der Waals surface area contributed by atoms with E-state index in [0.29, 0.717) is 22.7 Å². The third-order valence-electron chi connectivity index (χ3n) is 4.16. The summed E-state index contributed by atoms with van der Waals surface area (Å²) in [5, 5.41) is 0. The molecule has 17 heavy (non-hydrogen) atoms. The average Bonchev–Trinajstić information content (AvgIpc) is 2.33. The summed E-state index contributed by atoms with van der Waals surface area (Å²) in [7, 11) is 0. The van der Waals surface area contributed by atoms with Gasteiger partial charge in [-0.2, -0.15) is 0 Å². The molecule has 0 spiro atoms. The summed E-state index contributed by atoms with van der Waals surface area (Å²) in [6.07, 6.45) is 4.17. The van der Waals surface area contributed by atoms with Crippen molar-refractivity contribution in [2.45, 2.75) is 60.3 Å². The van der Waals surface area contributed by atoms with Crippen molar-refractivity contribution in [3.63, 3.8) is 0 Å². The quantitative estimate of drug-likeness (QED) is 0.632. The Hall–Kier alpha value is -0.850. The van der Waals surface area contributed by atoms with E-state index in [1.807, 2.05) is 0 Å². The molecule has 2 unspecified atom stereocenters. The number of rotatable bonds is 0. The molecule has 2 atom stereocenters. The van der Waals surface area contributed by atoms with Gasteiger partial charge in [0.25, 0.3) is 0 Å². The van der Waals surface area contributed by atoms with Crippen LogP contribution in [-0.2, 0) is 0 Å². The predicted molar refractivity (Wildman–Crippen MR) is 73.4 cm³/mol. The molecule has 0 saturated heterocycles. The Balaban J connectivity index is 2.61. The molecule has 1 aromatic heterocycles. The summed E-state index contributed by atoms with van der Waals surface area (Å²) in [4.78, 5) is 4.43. The maximum Gasteiger partial charge on any atom is 0.0305 e. The van der Waals surface area contributed by atoms with E-state index in [2.05, 4.69) is 65.8 Å². The molecule has 0 saturated carbocycles. The first-order valence-corrected chi connectivity index (χ1v) is 6.58. The number of hydrogen-bond donors (Lipinski definition) is 0. The second kappa shape index (κ2) is 3.57. The molecule has 2 bridgehead atoms. The van der Waals surface area contributed by atoms with Crippen LogP contribution in [0.25, 0.3) is 0 Å². The molecule has 1 heteroatoms. The van der Waals surface area contributed by atoms with E-state index in [4.69, 9.17) is 0 Å². The largest absolute Gasteiger partial charge is 0.264 e.